The van der Waals surface area contributed by atoms with E-state index in [1.54, 1.807) is 0 Å². The van der Waals surface area contributed by atoms with E-state index < -0.39 is 0 Å². The molecular formula is C46H35N. The highest BCUT2D eigenvalue weighted by atomic mass is 14.9. The van der Waals surface area contributed by atoms with Crippen LogP contribution in [0, 0.1) is 18.8 Å². The Morgan fingerprint density at radius 3 is 2.09 bits per heavy atom. The molecule has 1 heterocycles. The number of aryl methyl sites for hydroxylation is 1. The van der Waals surface area contributed by atoms with Crippen LogP contribution in [-0.4, -0.2) is 6.54 Å². The molecule has 9 rings (SSSR count). The fourth-order valence-electron chi connectivity index (χ4n) is 8.14. The molecule has 2 unspecified atom stereocenters. The van der Waals surface area contributed by atoms with E-state index in [1.165, 1.54) is 82.2 Å². The Kier molecular flexibility index (Phi) is 6.64. The van der Waals surface area contributed by atoms with Crippen molar-refractivity contribution in [2.75, 3.05) is 6.54 Å². The first kappa shape index (κ1) is 27.6. The molecule has 1 nitrogen and oxygen atoms in total. The van der Waals surface area contributed by atoms with Crippen LogP contribution in [0.1, 0.15) is 27.8 Å². The molecular weight excluding hydrogens is 567 g/mol. The van der Waals surface area contributed by atoms with Gasteiger partial charge < -0.3 is 5.32 Å². The van der Waals surface area contributed by atoms with Gasteiger partial charge in [0.25, 0.3) is 0 Å². The van der Waals surface area contributed by atoms with Gasteiger partial charge in [0.05, 0.1) is 5.70 Å². The number of nitrogens with one attached hydrogen (secondary N) is 1. The Balaban J connectivity index is 1.30. The predicted octanol–water partition coefficient (Wildman–Crippen LogP) is 9.10. The maximum Gasteiger partial charge on any atom is 0.0502 e. The average molecular weight is 602 g/mol. The van der Waals surface area contributed by atoms with Gasteiger partial charge in [-0.25, -0.2) is 0 Å². The van der Waals surface area contributed by atoms with Crippen LogP contribution in [0.15, 0.2) is 164 Å². The molecule has 0 fully saturated rings. The van der Waals surface area contributed by atoms with E-state index in [4.69, 9.17) is 0 Å². The minimum atomic E-state index is 0.228. The van der Waals surface area contributed by atoms with E-state index in [-0.39, 0.29) is 11.8 Å². The fourth-order valence-corrected chi connectivity index (χ4v) is 8.14. The number of allylic oxidation sites excluding steroid dienone is 6. The van der Waals surface area contributed by atoms with Crippen molar-refractivity contribution in [1.82, 2.24) is 5.32 Å². The SMILES string of the molecule is Cc1cccc2c(C3=c4ccccc4=C(c4cccc(C5=C(c6cccc7ccccc67)NCC=C5)c4)C4C=CC=CC34)cccc12. The molecule has 0 spiro atoms. The summed E-state index contributed by atoms with van der Waals surface area (Å²) in [4.78, 5) is 0. The second-order valence-corrected chi connectivity index (χ2v) is 12.8. The zero-order valence-electron chi connectivity index (χ0n) is 26.5. The minimum absolute atomic E-state index is 0.228. The van der Waals surface area contributed by atoms with Gasteiger partial charge in [-0.05, 0) is 78.4 Å². The van der Waals surface area contributed by atoms with E-state index in [1.807, 2.05) is 0 Å². The van der Waals surface area contributed by atoms with Crippen molar-refractivity contribution < 1.29 is 0 Å². The third kappa shape index (κ3) is 4.54. The second kappa shape index (κ2) is 11.3. The molecule has 1 heteroatoms. The molecule has 3 aliphatic rings. The van der Waals surface area contributed by atoms with Gasteiger partial charge in [-0.1, -0.05) is 158 Å². The summed E-state index contributed by atoms with van der Waals surface area (Å²) in [5.41, 5.74) is 11.6. The van der Waals surface area contributed by atoms with Crippen molar-refractivity contribution in [2.24, 2.45) is 11.8 Å². The Bertz CT molecular complexity index is 2480. The molecule has 6 aromatic rings. The average Bonchev–Trinajstić information content (AvgIpc) is 3.14. The van der Waals surface area contributed by atoms with Crippen molar-refractivity contribution in [3.05, 3.63) is 202 Å². The number of hydrogen-bond acceptors (Lipinski definition) is 1. The van der Waals surface area contributed by atoms with E-state index in [0.29, 0.717) is 0 Å². The lowest BCUT2D eigenvalue weighted by atomic mass is 9.69. The number of benzene rings is 6. The van der Waals surface area contributed by atoms with Crippen molar-refractivity contribution in [1.29, 1.82) is 0 Å². The second-order valence-electron chi connectivity index (χ2n) is 12.8. The largest absolute Gasteiger partial charge is 0.381 e. The molecule has 0 bridgehead atoms. The first-order chi connectivity index (χ1) is 23.3. The lowest BCUT2D eigenvalue weighted by molar-refractivity contribution is 0.687. The Labute approximate surface area is 275 Å². The molecule has 0 aromatic heterocycles. The van der Waals surface area contributed by atoms with Crippen LogP contribution in [0.25, 0.3) is 44.0 Å². The van der Waals surface area contributed by atoms with Crippen LogP contribution < -0.4 is 15.8 Å². The summed E-state index contributed by atoms with van der Waals surface area (Å²) in [7, 11) is 0. The fraction of sp³-hybridized carbons (Fsp3) is 0.0870. The number of rotatable bonds is 4. The number of dihydropyridines is 1. The molecule has 0 amide bonds. The summed E-state index contributed by atoms with van der Waals surface area (Å²) < 4.78 is 0. The topological polar surface area (TPSA) is 12.0 Å². The highest BCUT2D eigenvalue weighted by Gasteiger charge is 2.32. The van der Waals surface area contributed by atoms with Crippen LogP contribution in [0.3, 0.4) is 0 Å². The van der Waals surface area contributed by atoms with Gasteiger partial charge >= 0.3 is 0 Å². The summed E-state index contributed by atoms with van der Waals surface area (Å²) in [6.07, 6.45) is 13.8. The van der Waals surface area contributed by atoms with E-state index in [0.717, 1.165) is 6.54 Å². The lowest BCUT2D eigenvalue weighted by Crippen LogP contribution is -2.40. The van der Waals surface area contributed by atoms with Crippen molar-refractivity contribution in [3.8, 4) is 0 Å². The monoisotopic (exact) mass is 601 g/mol. The smallest absolute Gasteiger partial charge is 0.0502 e. The van der Waals surface area contributed by atoms with E-state index in [9.17, 15) is 0 Å². The van der Waals surface area contributed by atoms with Crippen LogP contribution in [0.5, 0.6) is 0 Å². The van der Waals surface area contributed by atoms with Crippen LogP contribution in [0.2, 0.25) is 0 Å². The maximum absolute atomic E-state index is 3.74. The summed E-state index contributed by atoms with van der Waals surface area (Å²) in [5.74, 6) is 0.466. The predicted molar refractivity (Wildman–Crippen MR) is 199 cm³/mol. The molecule has 1 aliphatic heterocycles. The van der Waals surface area contributed by atoms with Gasteiger partial charge in [0.1, 0.15) is 0 Å². The van der Waals surface area contributed by atoms with E-state index >= 15 is 0 Å². The van der Waals surface area contributed by atoms with Crippen molar-refractivity contribution in [2.45, 2.75) is 6.92 Å². The van der Waals surface area contributed by atoms with Gasteiger partial charge in [-0.15, -0.1) is 0 Å². The van der Waals surface area contributed by atoms with Gasteiger partial charge in [0.15, 0.2) is 0 Å². The molecule has 0 radical (unpaired) electrons. The highest BCUT2D eigenvalue weighted by molar-refractivity contribution is 6.04. The minimum Gasteiger partial charge on any atom is -0.381 e. The highest BCUT2D eigenvalue weighted by Crippen LogP contribution is 2.42. The van der Waals surface area contributed by atoms with E-state index in [2.05, 4.69) is 176 Å². The van der Waals surface area contributed by atoms with Crippen LogP contribution in [0.4, 0.5) is 0 Å². The Morgan fingerprint density at radius 1 is 0.553 bits per heavy atom. The first-order valence-corrected chi connectivity index (χ1v) is 16.7. The molecule has 2 aliphatic carbocycles. The quantitative estimate of drug-likeness (QED) is 0.213. The molecule has 0 saturated carbocycles. The molecule has 6 aromatic carbocycles. The maximum atomic E-state index is 3.74. The zero-order valence-corrected chi connectivity index (χ0v) is 26.5. The third-order valence-electron chi connectivity index (χ3n) is 10.2. The molecule has 1 N–H and O–H groups in total. The summed E-state index contributed by atoms with van der Waals surface area (Å²) in [6.45, 7) is 3.04. The number of hydrogen-bond donors (Lipinski definition) is 1. The molecule has 47 heavy (non-hydrogen) atoms. The summed E-state index contributed by atoms with van der Waals surface area (Å²) >= 11 is 0. The van der Waals surface area contributed by atoms with Crippen LogP contribution in [-0.2, 0) is 0 Å². The third-order valence-corrected chi connectivity index (χ3v) is 10.2. The Hall–Kier alpha value is -5.66. The van der Waals surface area contributed by atoms with Gasteiger partial charge in [0.2, 0.25) is 0 Å². The van der Waals surface area contributed by atoms with Crippen molar-refractivity contribution in [3.63, 3.8) is 0 Å². The summed E-state index contributed by atoms with van der Waals surface area (Å²) in [6, 6.07) is 47.1. The summed E-state index contributed by atoms with van der Waals surface area (Å²) in [5, 5.41) is 11.6. The van der Waals surface area contributed by atoms with Gasteiger partial charge in [-0.3, -0.25) is 0 Å². The molecule has 0 saturated heterocycles. The molecule has 224 valence electrons. The zero-order chi connectivity index (χ0) is 31.3. The van der Waals surface area contributed by atoms with Gasteiger partial charge in [0, 0.05) is 29.5 Å². The lowest BCUT2D eigenvalue weighted by Gasteiger charge is -2.34. The Morgan fingerprint density at radius 2 is 1.19 bits per heavy atom. The van der Waals surface area contributed by atoms with Crippen LogP contribution >= 0.6 is 0 Å². The van der Waals surface area contributed by atoms with Gasteiger partial charge in [-0.2, -0.15) is 0 Å². The normalized spacial score (nSPS) is 18.4. The van der Waals surface area contributed by atoms with Crippen molar-refractivity contribution >= 4 is 44.0 Å². The standard InChI is InChI=1S/C46H35N/c1-30-13-8-24-37-34(30)23-11-25-38(37)45-41-21-6-4-19-39(41)44(40-20-5-7-22-42(40)45)33-17-9-16-32(29-33)36-27-12-28-47-46(36)43-26-10-15-31-14-2-3-18-35(31)43/h2-27,29,39,41,47H,28H2,1H3. The number of fused-ring (bicyclic) bond motifs is 4. The first-order valence-electron chi connectivity index (χ1n) is 16.7. The molecule has 2 atom stereocenters.